The monoisotopic (exact) mass is 172 g/mol. The summed E-state index contributed by atoms with van der Waals surface area (Å²) >= 11 is 0. The van der Waals surface area contributed by atoms with Crippen molar-refractivity contribution in [2.45, 2.75) is 45.8 Å². The molecule has 72 valence electrons. The molecule has 2 nitrogen and oxygen atoms in total. The van der Waals surface area contributed by atoms with Gasteiger partial charge in [-0.1, -0.05) is 13.8 Å². The minimum atomic E-state index is -0.164. The predicted molar refractivity (Wildman–Crippen MR) is 49.0 cm³/mol. The van der Waals surface area contributed by atoms with E-state index in [2.05, 4.69) is 20.8 Å². The molecule has 0 bridgehead atoms. The molecule has 2 heteroatoms. The van der Waals surface area contributed by atoms with Crippen LogP contribution >= 0.6 is 0 Å². The smallest absolute Gasteiger partial charge is 0.0600 e. The van der Waals surface area contributed by atoms with E-state index in [1.54, 1.807) is 0 Å². The molecule has 1 fully saturated rings. The normalized spacial score (nSPS) is 32.8. The maximum absolute atomic E-state index is 9.81. The molecule has 1 N–H and O–H groups in total. The molecule has 1 aliphatic rings. The minimum Gasteiger partial charge on any atom is -0.393 e. The van der Waals surface area contributed by atoms with Gasteiger partial charge in [-0.15, -0.1) is 0 Å². The van der Waals surface area contributed by atoms with Crippen molar-refractivity contribution in [3.8, 4) is 0 Å². The fourth-order valence-corrected chi connectivity index (χ4v) is 1.91. The molecule has 1 rings (SSSR count). The summed E-state index contributed by atoms with van der Waals surface area (Å²) in [6, 6.07) is 0. The molecule has 0 aromatic heterocycles. The molecule has 0 aromatic rings. The van der Waals surface area contributed by atoms with E-state index in [1.807, 2.05) is 0 Å². The second-order valence-electron chi connectivity index (χ2n) is 4.23. The standard InChI is InChI=1S/C10H20O2/c1-7(2)6-10(11)9-4-5-12-8(9)3/h7-11H,4-6H2,1-3H3. The summed E-state index contributed by atoms with van der Waals surface area (Å²) in [5, 5.41) is 9.81. The van der Waals surface area contributed by atoms with E-state index in [0.717, 1.165) is 19.4 Å². The van der Waals surface area contributed by atoms with E-state index in [1.165, 1.54) is 0 Å². The highest BCUT2D eigenvalue weighted by Crippen LogP contribution is 2.26. The van der Waals surface area contributed by atoms with Crippen molar-refractivity contribution in [2.24, 2.45) is 11.8 Å². The van der Waals surface area contributed by atoms with Crippen LogP contribution in [0.25, 0.3) is 0 Å². The summed E-state index contributed by atoms with van der Waals surface area (Å²) < 4.78 is 5.41. The highest BCUT2D eigenvalue weighted by Gasteiger charge is 2.30. The average Bonchev–Trinajstić information content (AvgIpc) is 2.33. The first kappa shape index (κ1) is 10.0. The molecule has 1 aliphatic heterocycles. The minimum absolute atomic E-state index is 0.164. The third kappa shape index (κ3) is 2.46. The summed E-state index contributed by atoms with van der Waals surface area (Å²) in [6.07, 6.45) is 2.01. The van der Waals surface area contributed by atoms with Gasteiger partial charge in [0.05, 0.1) is 12.2 Å². The van der Waals surface area contributed by atoms with E-state index in [-0.39, 0.29) is 12.2 Å². The highest BCUT2D eigenvalue weighted by atomic mass is 16.5. The Morgan fingerprint density at radius 3 is 2.58 bits per heavy atom. The van der Waals surface area contributed by atoms with Crippen molar-refractivity contribution in [2.75, 3.05) is 6.61 Å². The quantitative estimate of drug-likeness (QED) is 0.703. The van der Waals surface area contributed by atoms with Gasteiger partial charge in [0, 0.05) is 12.5 Å². The molecule has 0 aromatic carbocycles. The first-order chi connectivity index (χ1) is 5.61. The third-order valence-corrected chi connectivity index (χ3v) is 2.64. The van der Waals surface area contributed by atoms with Crippen LogP contribution in [-0.2, 0) is 4.74 Å². The SMILES string of the molecule is CC(C)CC(O)C1CCOC1C. The zero-order chi connectivity index (χ0) is 9.14. The van der Waals surface area contributed by atoms with Gasteiger partial charge in [-0.25, -0.2) is 0 Å². The Bertz CT molecular complexity index is 134. The lowest BCUT2D eigenvalue weighted by Gasteiger charge is -2.22. The van der Waals surface area contributed by atoms with Crippen molar-refractivity contribution in [1.82, 2.24) is 0 Å². The van der Waals surface area contributed by atoms with Crippen molar-refractivity contribution >= 4 is 0 Å². The maximum atomic E-state index is 9.81. The van der Waals surface area contributed by atoms with Gasteiger partial charge in [-0.05, 0) is 25.7 Å². The summed E-state index contributed by atoms with van der Waals surface area (Å²) in [5.74, 6) is 0.945. The molecule has 1 heterocycles. The molecular weight excluding hydrogens is 152 g/mol. The molecule has 0 amide bonds. The van der Waals surface area contributed by atoms with Gasteiger partial charge in [-0.3, -0.25) is 0 Å². The molecular formula is C10H20O2. The van der Waals surface area contributed by atoms with Gasteiger partial charge in [0.1, 0.15) is 0 Å². The van der Waals surface area contributed by atoms with Crippen molar-refractivity contribution in [1.29, 1.82) is 0 Å². The van der Waals surface area contributed by atoms with Crippen LogP contribution in [0.2, 0.25) is 0 Å². The Morgan fingerprint density at radius 1 is 1.50 bits per heavy atom. The Hall–Kier alpha value is -0.0800. The lowest BCUT2D eigenvalue weighted by atomic mass is 9.90. The third-order valence-electron chi connectivity index (χ3n) is 2.64. The number of aliphatic hydroxyl groups is 1. The van der Waals surface area contributed by atoms with Gasteiger partial charge in [0.15, 0.2) is 0 Å². The molecule has 0 aliphatic carbocycles. The molecule has 0 saturated carbocycles. The van der Waals surface area contributed by atoms with E-state index in [9.17, 15) is 5.11 Å². The summed E-state index contributed by atoms with van der Waals surface area (Å²) in [6.45, 7) is 7.16. The van der Waals surface area contributed by atoms with Crippen LogP contribution in [0.3, 0.4) is 0 Å². The Morgan fingerprint density at radius 2 is 2.17 bits per heavy atom. The number of hydrogen-bond donors (Lipinski definition) is 1. The zero-order valence-electron chi connectivity index (χ0n) is 8.29. The van der Waals surface area contributed by atoms with Gasteiger partial charge in [0.25, 0.3) is 0 Å². The van der Waals surface area contributed by atoms with Crippen molar-refractivity contribution in [3.05, 3.63) is 0 Å². The largest absolute Gasteiger partial charge is 0.393 e. The average molecular weight is 172 g/mol. The van der Waals surface area contributed by atoms with Gasteiger partial charge < -0.3 is 9.84 Å². The predicted octanol–water partition coefficient (Wildman–Crippen LogP) is 1.82. The topological polar surface area (TPSA) is 29.5 Å². The van der Waals surface area contributed by atoms with Crippen LogP contribution in [0.15, 0.2) is 0 Å². The molecule has 3 unspecified atom stereocenters. The number of rotatable bonds is 3. The van der Waals surface area contributed by atoms with Gasteiger partial charge in [0.2, 0.25) is 0 Å². The van der Waals surface area contributed by atoms with Crippen LogP contribution in [0.4, 0.5) is 0 Å². The van der Waals surface area contributed by atoms with Crippen LogP contribution in [0.5, 0.6) is 0 Å². The van der Waals surface area contributed by atoms with E-state index >= 15 is 0 Å². The lowest BCUT2D eigenvalue weighted by Crippen LogP contribution is -2.27. The van der Waals surface area contributed by atoms with Crippen LogP contribution in [0.1, 0.15) is 33.6 Å². The van der Waals surface area contributed by atoms with Crippen LogP contribution in [-0.4, -0.2) is 23.9 Å². The Kier molecular flexibility index (Phi) is 3.53. The van der Waals surface area contributed by atoms with E-state index in [4.69, 9.17) is 4.74 Å². The Labute approximate surface area is 74.9 Å². The molecule has 0 spiro atoms. The number of aliphatic hydroxyl groups excluding tert-OH is 1. The highest BCUT2D eigenvalue weighted by molar-refractivity contribution is 4.79. The van der Waals surface area contributed by atoms with Gasteiger partial charge >= 0.3 is 0 Å². The lowest BCUT2D eigenvalue weighted by molar-refractivity contribution is 0.0336. The summed E-state index contributed by atoms with van der Waals surface area (Å²) in [4.78, 5) is 0. The van der Waals surface area contributed by atoms with Crippen LogP contribution < -0.4 is 0 Å². The second kappa shape index (κ2) is 4.24. The van der Waals surface area contributed by atoms with E-state index in [0.29, 0.717) is 11.8 Å². The number of hydrogen-bond acceptors (Lipinski definition) is 2. The maximum Gasteiger partial charge on any atom is 0.0600 e. The second-order valence-corrected chi connectivity index (χ2v) is 4.23. The first-order valence-electron chi connectivity index (χ1n) is 4.91. The fraction of sp³-hybridized carbons (Fsp3) is 1.00. The first-order valence-corrected chi connectivity index (χ1v) is 4.91. The molecule has 1 saturated heterocycles. The molecule has 12 heavy (non-hydrogen) atoms. The summed E-state index contributed by atoms with van der Waals surface area (Å²) in [5.41, 5.74) is 0. The molecule has 0 radical (unpaired) electrons. The van der Waals surface area contributed by atoms with Gasteiger partial charge in [-0.2, -0.15) is 0 Å². The summed E-state index contributed by atoms with van der Waals surface area (Å²) in [7, 11) is 0. The van der Waals surface area contributed by atoms with Crippen molar-refractivity contribution in [3.63, 3.8) is 0 Å². The zero-order valence-corrected chi connectivity index (χ0v) is 8.29. The fourth-order valence-electron chi connectivity index (χ4n) is 1.91. The van der Waals surface area contributed by atoms with E-state index < -0.39 is 0 Å². The van der Waals surface area contributed by atoms with Crippen LogP contribution in [0, 0.1) is 11.8 Å². The van der Waals surface area contributed by atoms with Crippen molar-refractivity contribution < 1.29 is 9.84 Å². The molecule has 3 atom stereocenters. The Balaban J connectivity index is 2.35. The number of ether oxygens (including phenoxy) is 1.